The highest BCUT2D eigenvalue weighted by molar-refractivity contribution is 7.90. The third-order valence-corrected chi connectivity index (χ3v) is 8.81. The lowest BCUT2D eigenvalue weighted by Gasteiger charge is -2.40. The number of ether oxygens (including phenoxy) is 1. The van der Waals surface area contributed by atoms with Gasteiger partial charge in [0.15, 0.2) is 0 Å². The fraction of sp³-hybridized carbons (Fsp3) is 0.600. The lowest BCUT2D eigenvalue weighted by molar-refractivity contribution is -0.0432. The van der Waals surface area contributed by atoms with Crippen molar-refractivity contribution in [1.29, 1.82) is 0 Å². The Hall–Kier alpha value is -1.71. The molecule has 4 aliphatic rings. The third-order valence-electron chi connectivity index (χ3n) is 6.48. The molecule has 1 saturated heterocycles. The molecule has 0 aromatic heterocycles. The average molecular weight is 426 g/mol. The SMILES string of the molecule is N[C@H]1C[C@@H](N2CCC3=C2CCN3S(=O)(=O)C2CC2)CO[C@@H]1c1cc(F)ccc1F. The van der Waals surface area contributed by atoms with Crippen LogP contribution in [-0.4, -0.2) is 54.7 Å². The molecule has 1 aliphatic carbocycles. The van der Waals surface area contributed by atoms with Gasteiger partial charge in [-0.1, -0.05) is 0 Å². The highest BCUT2D eigenvalue weighted by Crippen LogP contribution is 2.43. The second kappa shape index (κ2) is 6.92. The van der Waals surface area contributed by atoms with Crippen molar-refractivity contribution in [3.05, 3.63) is 46.8 Å². The van der Waals surface area contributed by atoms with Crippen LogP contribution < -0.4 is 5.73 Å². The molecule has 3 heterocycles. The lowest BCUT2D eigenvalue weighted by Crippen LogP contribution is -2.48. The van der Waals surface area contributed by atoms with Crippen molar-refractivity contribution in [2.75, 3.05) is 19.7 Å². The maximum absolute atomic E-state index is 14.1. The van der Waals surface area contributed by atoms with Gasteiger partial charge in [0.2, 0.25) is 10.0 Å². The summed E-state index contributed by atoms with van der Waals surface area (Å²) in [4.78, 5) is 2.22. The van der Waals surface area contributed by atoms with Crippen LogP contribution in [0.3, 0.4) is 0 Å². The zero-order valence-electron chi connectivity index (χ0n) is 16.1. The molecule has 5 rings (SSSR count). The Morgan fingerprint density at radius 1 is 1.10 bits per heavy atom. The van der Waals surface area contributed by atoms with Gasteiger partial charge in [0.05, 0.1) is 17.9 Å². The topological polar surface area (TPSA) is 75.9 Å². The van der Waals surface area contributed by atoms with E-state index in [-0.39, 0.29) is 16.9 Å². The van der Waals surface area contributed by atoms with Crippen molar-refractivity contribution in [3.8, 4) is 0 Å². The van der Waals surface area contributed by atoms with Gasteiger partial charge in [-0.2, -0.15) is 0 Å². The van der Waals surface area contributed by atoms with Gasteiger partial charge >= 0.3 is 0 Å². The molecule has 0 radical (unpaired) electrons. The fourth-order valence-electron chi connectivity index (χ4n) is 4.91. The van der Waals surface area contributed by atoms with Crippen molar-refractivity contribution in [1.82, 2.24) is 9.21 Å². The van der Waals surface area contributed by atoms with Crippen LogP contribution in [0.1, 0.15) is 43.8 Å². The molecule has 2 fully saturated rings. The van der Waals surface area contributed by atoms with E-state index >= 15 is 0 Å². The highest BCUT2D eigenvalue weighted by Gasteiger charge is 2.46. The smallest absolute Gasteiger partial charge is 0.237 e. The quantitative estimate of drug-likeness (QED) is 0.801. The minimum Gasteiger partial charge on any atom is -0.370 e. The molecule has 0 amide bonds. The molecule has 29 heavy (non-hydrogen) atoms. The summed E-state index contributed by atoms with van der Waals surface area (Å²) in [5.41, 5.74) is 8.45. The van der Waals surface area contributed by atoms with E-state index < -0.39 is 33.8 Å². The zero-order chi connectivity index (χ0) is 20.3. The van der Waals surface area contributed by atoms with Gasteiger partial charge in [0, 0.05) is 48.9 Å². The van der Waals surface area contributed by atoms with Gasteiger partial charge in [-0.25, -0.2) is 17.2 Å². The molecule has 0 unspecified atom stereocenters. The summed E-state index contributed by atoms with van der Waals surface area (Å²) in [7, 11) is -3.22. The van der Waals surface area contributed by atoms with Crippen LogP contribution >= 0.6 is 0 Å². The maximum Gasteiger partial charge on any atom is 0.237 e. The van der Waals surface area contributed by atoms with E-state index in [0.717, 1.165) is 49.0 Å². The van der Waals surface area contributed by atoms with Gasteiger partial charge in [0.25, 0.3) is 0 Å². The molecule has 0 spiro atoms. The molecule has 6 nitrogen and oxygen atoms in total. The van der Waals surface area contributed by atoms with Gasteiger partial charge in [-0.05, 0) is 37.5 Å². The molecule has 0 bridgehead atoms. The Bertz CT molecular complexity index is 964. The first-order chi connectivity index (χ1) is 13.9. The predicted octanol–water partition coefficient (Wildman–Crippen LogP) is 2.24. The summed E-state index contributed by atoms with van der Waals surface area (Å²) in [6.45, 7) is 1.60. The van der Waals surface area contributed by atoms with Crippen molar-refractivity contribution in [3.63, 3.8) is 0 Å². The molecular formula is C20H25F2N3O3S. The van der Waals surface area contributed by atoms with E-state index in [0.29, 0.717) is 32.4 Å². The Morgan fingerprint density at radius 3 is 2.59 bits per heavy atom. The molecule has 1 aromatic rings. The van der Waals surface area contributed by atoms with Crippen molar-refractivity contribution in [2.45, 2.75) is 55.5 Å². The largest absolute Gasteiger partial charge is 0.370 e. The number of nitrogens with zero attached hydrogens (tertiary/aromatic N) is 2. The zero-order valence-corrected chi connectivity index (χ0v) is 16.9. The van der Waals surface area contributed by atoms with E-state index in [4.69, 9.17) is 10.5 Å². The third kappa shape index (κ3) is 3.23. The van der Waals surface area contributed by atoms with Gasteiger partial charge < -0.3 is 15.4 Å². The summed E-state index contributed by atoms with van der Waals surface area (Å²) in [5.74, 6) is -1.04. The number of sulfonamides is 1. The molecule has 1 saturated carbocycles. The van der Waals surface area contributed by atoms with Crippen LogP contribution in [-0.2, 0) is 14.8 Å². The second-order valence-corrected chi connectivity index (χ2v) is 10.5. The average Bonchev–Trinajstić information content (AvgIpc) is 3.34. The number of nitrogens with two attached hydrogens (primary N) is 1. The monoisotopic (exact) mass is 425 g/mol. The number of rotatable bonds is 4. The van der Waals surface area contributed by atoms with E-state index in [1.807, 2.05) is 0 Å². The predicted molar refractivity (Wildman–Crippen MR) is 103 cm³/mol. The van der Waals surface area contributed by atoms with Crippen molar-refractivity contribution < 1.29 is 21.9 Å². The number of halogens is 2. The highest BCUT2D eigenvalue weighted by atomic mass is 32.2. The van der Waals surface area contributed by atoms with E-state index in [1.54, 1.807) is 4.31 Å². The Morgan fingerprint density at radius 2 is 1.86 bits per heavy atom. The summed E-state index contributed by atoms with van der Waals surface area (Å²) < 4.78 is 60.6. The van der Waals surface area contributed by atoms with Crippen molar-refractivity contribution >= 4 is 10.0 Å². The Balaban J connectivity index is 1.32. The molecule has 3 aliphatic heterocycles. The van der Waals surface area contributed by atoms with Crippen LogP contribution in [0, 0.1) is 11.6 Å². The summed E-state index contributed by atoms with van der Waals surface area (Å²) >= 11 is 0. The molecule has 158 valence electrons. The molecule has 9 heteroatoms. The molecule has 3 atom stereocenters. The van der Waals surface area contributed by atoms with Gasteiger partial charge in [0.1, 0.15) is 17.7 Å². The van der Waals surface area contributed by atoms with Crippen LogP contribution in [0.4, 0.5) is 8.78 Å². The van der Waals surface area contributed by atoms with E-state index in [1.165, 1.54) is 0 Å². The second-order valence-electron chi connectivity index (χ2n) is 8.38. The van der Waals surface area contributed by atoms with Gasteiger partial charge in [-0.15, -0.1) is 0 Å². The van der Waals surface area contributed by atoms with Crippen molar-refractivity contribution in [2.24, 2.45) is 5.73 Å². The van der Waals surface area contributed by atoms with E-state index in [2.05, 4.69) is 4.90 Å². The normalized spacial score (nSPS) is 30.2. The van der Waals surface area contributed by atoms with Gasteiger partial charge in [-0.3, -0.25) is 4.31 Å². The van der Waals surface area contributed by atoms with E-state index in [9.17, 15) is 17.2 Å². The molecular weight excluding hydrogens is 400 g/mol. The van der Waals surface area contributed by atoms with Crippen LogP contribution in [0.2, 0.25) is 0 Å². The maximum atomic E-state index is 14.1. The molecule has 1 aromatic carbocycles. The van der Waals surface area contributed by atoms with Crippen LogP contribution in [0.25, 0.3) is 0 Å². The van der Waals surface area contributed by atoms with Crippen LogP contribution in [0.5, 0.6) is 0 Å². The lowest BCUT2D eigenvalue weighted by atomic mass is 9.93. The first kappa shape index (κ1) is 19.3. The summed E-state index contributed by atoms with van der Waals surface area (Å²) in [6, 6.07) is 2.86. The fourth-order valence-corrected chi connectivity index (χ4v) is 6.86. The first-order valence-corrected chi connectivity index (χ1v) is 11.7. The standard InChI is InChI=1S/C20H25F2N3O3S/c21-12-1-4-16(22)15(9-12)20-17(23)10-13(11-28-20)24-7-5-19-18(24)6-8-25(19)29(26,27)14-2-3-14/h1,4,9,13-14,17,20H,2-3,5-8,10-11,23H2/t13-,17+,20-/m1/s1. The molecule has 2 N–H and O–H groups in total. The summed E-state index contributed by atoms with van der Waals surface area (Å²) in [5, 5.41) is -0.211. The first-order valence-electron chi connectivity index (χ1n) is 10.2. The summed E-state index contributed by atoms with van der Waals surface area (Å²) in [6.07, 6.45) is 2.81. The Kier molecular flexibility index (Phi) is 4.60. The van der Waals surface area contributed by atoms with Crippen LogP contribution in [0.15, 0.2) is 29.6 Å². The minimum atomic E-state index is -3.22. The minimum absolute atomic E-state index is 0.00829. The number of hydrogen-bond donors (Lipinski definition) is 1. The number of hydrogen-bond acceptors (Lipinski definition) is 5. The Labute approximate surface area is 169 Å². The number of benzene rings is 1.